The summed E-state index contributed by atoms with van der Waals surface area (Å²) in [4.78, 5) is 25.9. The first-order valence-corrected chi connectivity index (χ1v) is 9.08. The van der Waals surface area contributed by atoms with Crippen LogP contribution in [0, 0.1) is 19.8 Å². The van der Waals surface area contributed by atoms with E-state index < -0.39 is 0 Å². The van der Waals surface area contributed by atoms with Gasteiger partial charge in [0.05, 0.1) is 0 Å². The Morgan fingerprint density at radius 1 is 1.12 bits per heavy atom. The van der Waals surface area contributed by atoms with Gasteiger partial charge in [-0.15, -0.1) is 0 Å². The van der Waals surface area contributed by atoms with Crippen molar-refractivity contribution in [3.8, 4) is 0 Å². The number of nitrogens with zero attached hydrogens (tertiary/aromatic N) is 4. The van der Waals surface area contributed by atoms with E-state index in [1.807, 2.05) is 63.2 Å². The number of rotatable bonds is 4. The summed E-state index contributed by atoms with van der Waals surface area (Å²) in [6.45, 7) is 5.58. The van der Waals surface area contributed by atoms with Gasteiger partial charge in [-0.05, 0) is 51.0 Å². The minimum atomic E-state index is 0.0279. The zero-order valence-electron chi connectivity index (χ0n) is 16.0. The smallest absolute Gasteiger partial charge is 0.227 e. The van der Waals surface area contributed by atoms with Crippen LogP contribution >= 0.6 is 0 Å². The van der Waals surface area contributed by atoms with Crippen LogP contribution in [-0.2, 0) is 4.79 Å². The molecule has 1 aliphatic heterocycles. The number of amides is 1. The molecule has 2 heterocycles. The summed E-state index contributed by atoms with van der Waals surface area (Å²) in [5, 5.41) is 3.06. The molecule has 0 saturated carbocycles. The van der Waals surface area contributed by atoms with Gasteiger partial charge >= 0.3 is 0 Å². The maximum absolute atomic E-state index is 12.6. The van der Waals surface area contributed by atoms with Gasteiger partial charge in [-0.25, -0.2) is 9.97 Å². The van der Waals surface area contributed by atoms with Crippen molar-refractivity contribution in [3.05, 3.63) is 41.7 Å². The van der Waals surface area contributed by atoms with E-state index in [4.69, 9.17) is 0 Å². The number of piperidine rings is 1. The molecule has 2 aromatic rings. The molecular formula is C20H27N5O. The molecule has 1 aliphatic rings. The summed E-state index contributed by atoms with van der Waals surface area (Å²) in [6, 6.07) is 9.90. The molecule has 1 N–H and O–H groups in total. The Morgan fingerprint density at radius 2 is 1.77 bits per heavy atom. The van der Waals surface area contributed by atoms with Crippen LogP contribution in [0.4, 0.5) is 17.3 Å². The lowest BCUT2D eigenvalue weighted by Crippen LogP contribution is -2.39. The second kappa shape index (κ2) is 7.72. The fraction of sp³-hybridized carbons (Fsp3) is 0.450. The highest BCUT2D eigenvalue weighted by atomic mass is 16.1. The Hall–Kier alpha value is -2.63. The van der Waals surface area contributed by atoms with Crippen molar-refractivity contribution in [1.29, 1.82) is 0 Å². The van der Waals surface area contributed by atoms with Gasteiger partial charge in [-0.3, -0.25) is 4.79 Å². The SMILES string of the molecule is Cc1cc(C)nc(N2CCC(C(=O)Nc3cccc(N(C)C)c3)CC2)n1. The van der Waals surface area contributed by atoms with Gasteiger partial charge in [-0.2, -0.15) is 0 Å². The van der Waals surface area contributed by atoms with Crippen molar-refractivity contribution < 1.29 is 4.79 Å². The van der Waals surface area contributed by atoms with Crippen LogP contribution in [0.3, 0.4) is 0 Å². The molecule has 1 aromatic carbocycles. The molecule has 26 heavy (non-hydrogen) atoms. The minimum absolute atomic E-state index is 0.0279. The van der Waals surface area contributed by atoms with Crippen LogP contribution in [-0.4, -0.2) is 43.1 Å². The summed E-state index contributed by atoms with van der Waals surface area (Å²) >= 11 is 0. The lowest BCUT2D eigenvalue weighted by Gasteiger charge is -2.31. The van der Waals surface area contributed by atoms with Crippen LogP contribution in [0.5, 0.6) is 0 Å². The maximum atomic E-state index is 12.6. The van der Waals surface area contributed by atoms with E-state index in [9.17, 15) is 4.79 Å². The molecule has 138 valence electrons. The molecule has 6 heteroatoms. The van der Waals surface area contributed by atoms with E-state index >= 15 is 0 Å². The van der Waals surface area contributed by atoms with E-state index in [1.54, 1.807) is 0 Å². The Morgan fingerprint density at radius 3 is 2.38 bits per heavy atom. The van der Waals surface area contributed by atoms with Gasteiger partial charge in [0.2, 0.25) is 11.9 Å². The maximum Gasteiger partial charge on any atom is 0.227 e. The second-order valence-corrected chi connectivity index (χ2v) is 7.15. The average Bonchev–Trinajstić information content (AvgIpc) is 2.61. The van der Waals surface area contributed by atoms with Gasteiger partial charge in [0.25, 0.3) is 0 Å². The highest BCUT2D eigenvalue weighted by Crippen LogP contribution is 2.24. The summed E-state index contributed by atoms with van der Waals surface area (Å²) in [5.41, 5.74) is 3.88. The molecule has 1 fully saturated rings. The molecule has 0 radical (unpaired) electrons. The Kier molecular flexibility index (Phi) is 5.40. The summed E-state index contributed by atoms with van der Waals surface area (Å²) in [5.74, 6) is 0.905. The fourth-order valence-corrected chi connectivity index (χ4v) is 3.30. The van der Waals surface area contributed by atoms with E-state index in [0.29, 0.717) is 0 Å². The van der Waals surface area contributed by atoms with Gasteiger partial charge in [0.15, 0.2) is 0 Å². The van der Waals surface area contributed by atoms with Crippen LogP contribution in [0.15, 0.2) is 30.3 Å². The largest absolute Gasteiger partial charge is 0.378 e. The van der Waals surface area contributed by atoms with E-state index in [0.717, 1.165) is 54.6 Å². The number of benzene rings is 1. The number of nitrogens with one attached hydrogen (secondary N) is 1. The molecule has 0 atom stereocenters. The molecule has 6 nitrogen and oxygen atoms in total. The van der Waals surface area contributed by atoms with Gasteiger partial charge in [0, 0.05) is 55.9 Å². The molecule has 0 spiro atoms. The lowest BCUT2D eigenvalue weighted by atomic mass is 9.96. The van der Waals surface area contributed by atoms with Crippen LogP contribution < -0.4 is 15.1 Å². The molecular weight excluding hydrogens is 326 g/mol. The standard InChI is InChI=1S/C20H27N5O/c1-14-12-15(2)22-20(21-14)25-10-8-16(9-11-25)19(26)23-17-6-5-7-18(13-17)24(3)4/h5-7,12-13,16H,8-11H2,1-4H3,(H,23,26). The van der Waals surface area contributed by atoms with Gasteiger partial charge < -0.3 is 15.1 Å². The predicted octanol–water partition coefficient (Wildman–Crippen LogP) is 3.01. The second-order valence-electron chi connectivity index (χ2n) is 7.15. The van der Waals surface area contributed by atoms with Crippen molar-refractivity contribution in [2.45, 2.75) is 26.7 Å². The number of aryl methyl sites for hydroxylation is 2. The minimum Gasteiger partial charge on any atom is -0.378 e. The Labute approximate surface area is 155 Å². The number of carbonyl (C=O) groups is 1. The third-order valence-electron chi connectivity index (χ3n) is 4.75. The van der Waals surface area contributed by atoms with E-state index in [2.05, 4.69) is 20.2 Å². The zero-order chi connectivity index (χ0) is 18.7. The average molecular weight is 353 g/mol. The number of anilines is 3. The van der Waals surface area contributed by atoms with Crippen LogP contribution in [0.1, 0.15) is 24.2 Å². The van der Waals surface area contributed by atoms with E-state index in [-0.39, 0.29) is 11.8 Å². The molecule has 0 bridgehead atoms. The van der Waals surface area contributed by atoms with Crippen LogP contribution in [0.2, 0.25) is 0 Å². The molecule has 1 amide bonds. The highest BCUT2D eigenvalue weighted by molar-refractivity contribution is 5.93. The van der Waals surface area contributed by atoms with Crippen LogP contribution in [0.25, 0.3) is 0 Å². The molecule has 1 aromatic heterocycles. The van der Waals surface area contributed by atoms with Crippen molar-refractivity contribution >= 4 is 23.2 Å². The van der Waals surface area contributed by atoms with Gasteiger partial charge in [-0.1, -0.05) is 6.07 Å². The number of hydrogen-bond acceptors (Lipinski definition) is 5. The first-order valence-electron chi connectivity index (χ1n) is 9.08. The van der Waals surface area contributed by atoms with Crippen molar-refractivity contribution in [2.24, 2.45) is 5.92 Å². The number of carbonyl (C=O) groups excluding carboxylic acids is 1. The fourth-order valence-electron chi connectivity index (χ4n) is 3.30. The van der Waals surface area contributed by atoms with E-state index in [1.165, 1.54) is 0 Å². The third-order valence-corrected chi connectivity index (χ3v) is 4.75. The number of aromatic nitrogens is 2. The Bertz CT molecular complexity index is 761. The number of hydrogen-bond donors (Lipinski definition) is 1. The van der Waals surface area contributed by atoms with Crippen molar-refractivity contribution in [3.63, 3.8) is 0 Å². The lowest BCUT2D eigenvalue weighted by molar-refractivity contribution is -0.120. The third kappa shape index (κ3) is 4.31. The predicted molar refractivity (Wildman–Crippen MR) is 106 cm³/mol. The highest BCUT2D eigenvalue weighted by Gasteiger charge is 2.26. The summed E-state index contributed by atoms with van der Waals surface area (Å²) in [6.07, 6.45) is 1.63. The van der Waals surface area contributed by atoms with Crippen molar-refractivity contribution in [1.82, 2.24) is 9.97 Å². The normalized spacial score (nSPS) is 15.0. The molecule has 0 aliphatic carbocycles. The summed E-state index contributed by atoms with van der Waals surface area (Å²) < 4.78 is 0. The first kappa shape index (κ1) is 18.2. The topological polar surface area (TPSA) is 61.4 Å². The molecule has 3 rings (SSSR count). The Balaban J connectivity index is 1.59. The summed E-state index contributed by atoms with van der Waals surface area (Å²) in [7, 11) is 3.98. The monoisotopic (exact) mass is 353 g/mol. The quantitative estimate of drug-likeness (QED) is 0.915. The van der Waals surface area contributed by atoms with Crippen molar-refractivity contribution in [2.75, 3.05) is 42.3 Å². The molecule has 0 unspecified atom stereocenters. The van der Waals surface area contributed by atoms with Gasteiger partial charge in [0.1, 0.15) is 0 Å². The zero-order valence-corrected chi connectivity index (χ0v) is 16.0. The first-order chi connectivity index (χ1) is 12.4. The molecule has 1 saturated heterocycles.